The maximum Gasteiger partial charge on any atom is 0.240 e. The first-order valence-electron chi connectivity index (χ1n) is 7.63. The van der Waals surface area contributed by atoms with Crippen molar-refractivity contribution in [2.24, 2.45) is 7.05 Å². The van der Waals surface area contributed by atoms with E-state index in [1.807, 2.05) is 11.6 Å². The molecule has 0 spiro atoms. The van der Waals surface area contributed by atoms with Gasteiger partial charge in [-0.15, -0.1) is 10.2 Å². The van der Waals surface area contributed by atoms with Gasteiger partial charge in [0.15, 0.2) is 5.82 Å². The van der Waals surface area contributed by atoms with Crippen molar-refractivity contribution in [3.8, 4) is 0 Å². The van der Waals surface area contributed by atoms with E-state index in [0.29, 0.717) is 37.2 Å². The summed E-state index contributed by atoms with van der Waals surface area (Å²) in [5.74, 6) is 2.97. The predicted octanol–water partition coefficient (Wildman–Crippen LogP) is 0.767. The minimum Gasteiger partial charge on any atom is -0.384 e. The molecule has 8 heteroatoms. The van der Waals surface area contributed by atoms with Crippen molar-refractivity contribution in [3.05, 3.63) is 23.9 Å². The number of piperidine rings is 1. The van der Waals surface area contributed by atoms with Crippen LogP contribution in [0.3, 0.4) is 0 Å². The predicted molar refractivity (Wildman–Crippen MR) is 78.1 cm³/mol. The molecule has 1 fully saturated rings. The average Bonchev–Trinajstić information content (AvgIpc) is 3.15. The maximum atomic E-state index is 5.30. The summed E-state index contributed by atoms with van der Waals surface area (Å²) in [7, 11) is 3.67. The molecular formula is C14H22N6O2. The van der Waals surface area contributed by atoms with E-state index >= 15 is 0 Å². The van der Waals surface area contributed by atoms with Crippen LogP contribution >= 0.6 is 0 Å². The molecule has 8 nitrogen and oxygen atoms in total. The Kier molecular flexibility index (Phi) is 4.79. The van der Waals surface area contributed by atoms with E-state index in [2.05, 4.69) is 25.2 Å². The fraction of sp³-hybridized carbons (Fsp3) is 0.714. The molecule has 1 saturated heterocycles. The minimum absolute atomic E-state index is 0.490. The molecule has 0 aliphatic carbocycles. The van der Waals surface area contributed by atoms with Gasteiger partial charge in [0.05, 0.1) is 13.2 Å². The van der Waals surface area contributed by atoms with Gasteiger partial charge in [0, 0.05) is 26.5 Å². The number of methoxy groups -OCH3 is 1. The van der Waals surface area contributed by atoms with Crippen LogP contribution in [0.4, 0.5) is 0 Å². The third kappa shape index (κ3) is 3.50. The van der Waals surface area contributed by atoms with Crippen molar-refractivity contribution in [3.63, 3.8) is 0 Å². The Morgan fingerprint density at radius 2 is 2.18 bits per heavy atom. The van der Waals surface area contributed by atoms with E-state index in [1.54, 1.807) is 13.4 Å². The van der Waals surface area contributed by atoms with Crippen LogP contribution in [0.25, 0.3) is 0 Å². The standard InChI is InChI=1S/C14H22N6O2/c1-19-10-15-17-14(19)11-3-6-20(7-4-11)9-13-16-12(18-22-13)5-8-21-2/h10-11H,3-9H2,1-2H3. The van der Waals surface area contributed by atoms with Crippen LogP contribution in [0.15, 0.2) is 10.9 Å². The Balaban J connectivity index is 1.49. The van der Waals surface area contributed by atoms with Crippen LogP contribution in [0.5, 0.6) is 0 Å². The lowest BCUT2D eigenvalue weighted by Gasteiger charge is -2.30. The zero-order valence-corrected chi connectivity index (χ0v) is 13.1. The summed E-state index contributed by atoms with van der Waals surface area (Å²) >= 11 is 0. The van der Waals surface area contributed by atoms with E-state index in [-0.39, 0.29) is 0 Å². The van der Waals surface area contributed by atoms with Crippen LogP contribution in [0.1, 0.15) is 36.3 Å². The van der Waals surface area contributed by atoms with Crippen LogP contribution < -0.4 is 0 Å². The number of hydrogen-bond acceptors (Lipinski definition) is 7. The number of aromatic nitrogens is 5. The highest BCUT2D eigenvalue weighted by Crippen LogP contribution is 2.26. The van der Waals surface area contributed by atoms with E-state index in [1.165, 1.54) is 0 Å². The summed E-state index contributed by atoms with van der Waals surface area (Å²) in [6.45, 7) is 3.34. The number of rotatable bonds is 6. The molecule has 3 rings (SSSR count). The van der Waals surface area contributed by atoms with Gasteiger partial charge < -0.3 is 13.8 Å². The zero-order chi connectivity index (χ0) is 15.4. The summed E-state index contributed by atoms with van der Waals surface area (Å²) in [5.41, 5.74) is 0. The lowest BCUT2D eigenvalue weighted by molar-refractivity contribution is 0.177. The Hall–Kier alpha value is -1.80. The van der Waals surface area contributed by atoms with Gasteiger partial charge in [-0.25, -0.2) is 0 Å². The largest absolute Gasteiger partial charge is 0.384 e. The van der Waals surface area contributed by atoms with Crippen molar-refractivity contribution in [1.29, 1.82) is 0 Å². The molecule has 2 aromatic rings. The molecule has 1 aliphatic heterocycles. The van der Waals surface area contributed by atoms with Gasteiger partial charge in [0.2, 0.25) is 5.89 Å². The SMILES string of the molecule is COCCc1noc(CN2CCC(c3nncn3C)CC2)n1. The summed E-state index contributed by atoms with van der Waals surface area (Å²) in [4.78, 5) is 6.75. The Morgan fingerprint density at radius 3 is 2.86 bits per heavy atom. The molecule has 0 atom stereocenters. The highest BCUT2D eigenvalue weighted by Gasteiger charge is 2.24. The van der Waals surface area contributed by atoms with E-state index in [9.17, 15) is 0 Å². The lowest BCUT2D eigenvalue weighted by atomic mass is 9.96. The molecule has 0 unspecified atom stereocenters. The molecule has 0 aromatic carbocycles. The third-order valence-electron chi connectivity index (χ3n) is 4.10. The fourth-order valence-corrected chi connectivity index (χ4v) is 2.85. The number of aryl methyl sites for hydroxylation is 1. The van der Waals surface area contributed by atoms with Crippen molar-refractivity contribution < 1.29 is 9.26 Å². The molecule has 22 heavy (non-hydrogen) atoms. The van der Waals surface area contributed by atoms with Crippen molar-refractivity contribution >= 4 is 0 Å². The van der Waals surface area contributed by atoms with Crippen molar-refractivity contribution in [2.45, 2.75) is 31.7 Å². The van der Waals surface area contributed by atoms with Crippen LogP contribution in [-0.2, 0) is 24.8 Å². The Morgan fingerprint density at radius 1 is 1.36 bits per heavy atom. The highest BCUT2D eigenvalue weighted by atomic mass is 16.5. The highest BCUT2D eigenvalue weighted by molar-refractivity contribution is 4.98. The lowest BCUT2D eigenvalue weighted by Crippen LogP contribution is -2.33. The molecule has 1 aliphatic rings. The van der Waals surface area contributed by atoms with Crippen molar-refractivity contribution in [2.75, 3.05) is 26.8 Å². The number of likely N-dealkylation sites (tertiary alicyclic amines) is 1. The number of ether oxygens (including phenoxy) is 1. The van der Waals surface area contributed by atoms with Crippen molar-refractivity contribution in [1.82, 2.24) is 29.8 Å². The second-order valence-electron chi connectivity index (χ2n) is 5.70. The van der Waals surface area contributed by atoms with E-state index < -0.39 is 0 Å². The molecule has 0 radical (unpaired) electrons. The molecular weight excluding hydrogens is 284 g/mol. The molecule has 0 saturated carbocycles. The average molecular weight is 306 g/mol. The van der Waals surface area contributed by atoms with Crippen LogP contribution in [-0.4, -0.2) is 56.6 Å². The fourth-order valence-electron chi connectivity index (χ4n) is 2.85. The summed E-state index contributed by atoms with van der Waals surface area (Å²) in [6, 6.07) is 0. The van der Waals surface area contributed by atoms with Gasteiger partial charge in [0.25, 0.3) is 0 Å². The number of hydrogen-bond donors (Lipinski definition) is 0. The van der Waals surface area contributed by atoms with Gasteiger partial charge in [-0.1, -0.05) is 5.16 Å². The van der Waals surface area contributed by atoms with E-state index in [0.717, 1.165) is 31.8 Å². The molecule has 3 heterocycles. The smallest absolute Gasteiger partial charge is 0.240 e. The van der Waals surface area contributed by atoms with Crippen LogP contribution in [0, 0.1) is 0 Å². The van der Waals surface area contributed by atoms with Gasteiger partial charge >= 0.3 is 0 Å². The molecule has 0 amide bonds. The van der Waals surface area contributed by atoms with Gasteiger partial charge in [0.1, 0.15) is 12.2 Å². The zero-order valence-electron chi connectivity index (χ0n) is 13.1. The molecule has 0 N–H and O–H groups in total. The molecule has 120 valence electrons. The second-order valence-corrected chi connectivity index (χ2v) is 5.70. The quantitative estimate of drug-likeness (QED) is 0.779. The second kappa shape index (κ2) is 6.97. The van der Waals surface area contributed by atoms with Gasteiger partial charge in [-0.3, -0.25) is 4.90 Å². The number of nitrogens with zero attached hydrogens (tertiary/aromatic N) is 6. The summed E-state index contributed by atoms with van der Waals surface area (Å²) < 4.78 is 12.3. The molecule has 2 aromatic heterocycles. The van der Waals surface area contributed by atoms with Gasteiger partial charge in [-0.05, 0) is 25.9 Å². The first-order chi connectivity index (χ1) is 10.8. The first kappa shape index (κ1) is 15.1. The monoisotopic (exact) mass is 306 g/mol. The topological polar surface area (TPSA) is 82.1 Å². The van der Waals surface area contributed by atoms with Gasteiger partial charge in [-0.2, -0.15) is 4.98 Å². The van der Waals surface area contributed by atoms with E-state index in [4.69, 9.17) is 9.26 Å². The normalized spacial score (nSPS) is 17.2. The first-order valence-corrected chi connectivity index (χ1v) is 7.63. The minimum atomic E-state index is 0.490. The summed E-state index contributed by atoms with van der Waals surface area (Å²) in [6.07, 6.45) is 4.62. The Labute approximate surface area is 129 Å². The summed E-state index contributed by atoms with van der Waals surface area (Å²) in [5, 5.41) is 12.2. The van der Waals surface area contributed by atoms with Crippen LogP contribution in [0.2, 0.25) is 0 Å². The maximum absolute atomic E-state index is 5.30. The third-order valence-corrected chi connectivity index (χ3v) is 4.10. The molecule has 0 bridgehead atoms. The Bertz CT molecular complexity index is 588.